The SMILES string of the molecule is C[N+](O)(S)Nc1cnc2cc(-c3ccc(Oc4cc(C#N)c(OC5CC5)c(C(F)(F)F)c4)cc3)ccc2n1. The molecule has 194 valence electrons. The van der Waals surface area contributed by atoms with Crippen molar-refractivity contribution in [3.8, 4) is 34.4 Å². The fraction of sp³-hybridized carbons (Fsp3) is 0.192. The molecule has 1 aliphatic carbocycles. The largest absolute Gasteiger partial charge is 0.488 e. The van der Waals surface area contributed by atoms with Gasteiger partial charge in [-0.25, -0.2) is 4.98 Å². The number of alkyl halides is 3. The Balaban J connectivity index is 1.38. The van der Waals surface area contributed by atoms with Crippen LogP contribution in [0.3, 0.4) is 0 Å². The minimum absolute atomic E-state index is 0.117. The van der Waals surface area contributed by atoms with Crippen molar-refractivity contribution < 1.29 is 32.0 Å². The van der Waals surface area contributed by atoms with E-state index in [1.54, 1.807) is 36.4 Å². The predicted octanol–water partition coefficient (Wildman–Crippen LogP) is 6.53. The van der Waals surface area contributed by atoms with Crippen LogP contribution in [0.1, 0.15) is 24.0 Å². The lowest BCUT2D eigenvalue weighted by Gasteiger charge is -2.17. The summed E-state index contributed by atoms with van der Waals surface area (Å²) >= 11 is 3.94. The fourth-order valence-electron chi connectivity index (χ4n) is 3.75. The van der Waals surface area contributed by atoms with Gasteiger partial charge in [-0.1, -0.05) is 18.2 Å². The smallest absolute Gasteiger partial charge is 0.420 e. The van der Waals surface area contributed by atoms with E-state index in [4.69, 9.17) is 9.47 Å². The molecule has 8 nitrogen and oxygen atoms in total. The topological polar surface area (TPSA) is 100 Å². The molecule has 0 aliphatic heterocycles. The number of thiol groups is 1. The van der Waals surface area contributed by atoms with E-state index < -0.39 is 21.6 Å². The van der Waals surface area contributed by atoms with Crippen LogP contribution < -0.4 is 14.9 Å². The predicted molar refractivity (Wildman–Crippen MR) is 135 cm³/mol. The van der Waals surface area contributed by atoms with Gasteiger partial charge in [0, 0.05) is 6.07 Å². The Hall–Kier alpha value is -4.05. The molecule has 1 fully saturated rings. The number of aromatic nitrogens is 2. The number of benzene rings is 3. The Kier molecular flexibility index (Phi) is 6.52. The van der Waals surface area contributed by atoms with Gasteiger partial charge in [-0.2, -0.15) is 29.1 Å². The summed E-state index contributed by atoms with van der Waals surface area (Å²) in [6.07, 6.45) is -2.22. The molecule has 0 radical (unpaired) electrons. The molecule has 38 heavy (non-hydrogen) atoms. The summed E-state index contributed by atoms with van der Waals surface area (Å²) in [6, 6.07) is 16.1. The van der Waals surface area contributed by atoms with Crippen LogP contribution in [0.4, 0.5) is 19.0 Å². The number of nitriles is 1. The zero-order valence-corrected chi connectivity index (χ0v) is 20.8. The molecule has 1 aliphatic rings. The van der Waals surface area contributed by atoms with Gasteiger partial charge in [0.15, 0.2) is 5.82 Å². The van der Waals surface area contributed by atoms with Gasteiger partial charge in [-0.3, -0.25) is 4.98 Å². The lowest BCUT2D eigenvalue weighted by Crippen LogP contribution is -2.35. The zero-order chi connectivity index (χ0) is 27.1. The van der Waals surface area contributed by atoms with Crippen LogP contribution in [0.5, 0.6) is 17.2 Å². The number of nitrogens with zero attached hydrogens (tertiary/aromatic N) is 4. The van der Waals surface area contributed by atoms with E-state index in [9.17, 15) is 23.6 Å². The molecule has 4 aromatic rings. The van der Waals surface area contributed by atoms with Crippen molar-refractivity contribution >= 4 is 29.7 Å². The third kappa shape index (κ3) is 5.91. The molecule has 1 atom stereocenters. The highest BCUT2D eigenvalue weighted by molar-refractivity contribution is 7.74. The number of hydrogen-bond donors (Lipinski definition) is 3. The number of rotatable bonds is 7. The monoisotopic (exact) mass is 540 g/mol. The van der Waals surface area contributed by atoms with Crippen molar-refractivity contribution in [2.24, 2.45) is 0 Å². The first-order valence-electron chi connectivity index (χ1n) is 11.5. The highest BCUT2D eigenvalue weighted by Gasteiger charge is 2.38. The summed E-state index contributed by atoms with van der Waals surface area (Å²) in [7, 11) is 1.40. The van der Waals surface area contributed by atoms with E-state index >= 15 is 0 Å². The third-order valence-electron chi connectivity index (χ3n) is 5.59. The van der Waals surface area contributed by atoms with Gasteiger partial charge in [-0.15, -0.1) is 0 Å². The Morgan fingerprint density at radius 2 is 1.76 bits per heavy atom. The van der Waals surface area contributed by atoms with Crippen molar-refractivity contribution in [2.45, 2.75) is 25.1 Å². The van der Waals surface area contributed by atoms with Crippen molar-refractivity contribution in [3.63, 3.8) is 0 Å². The van der Waals surface area contributed by atoms with Crippen LogP contribution in [-0.2, 0) is 6.18 Å². The molecule has 0 amide bonds. The maximum Gasteiger partial charge on any atom is 0.420 e. The molecule has 0 spiro atoms. The average molecular weight is 541 g/mol. The normalized spacial score (nSPS) is 15.0. The number of ether oxygens (including phenoxy) is 2. The molecule has 1 aromatic heterocycles. The molecule has 12 heteroatoms. The summed E-state index contributed by atoms with van der Waals surface area (Å²) in [5.74, 6) is 0.0681. The Bertz CT molecular complexity index is 1550. The lowest BCUT2D eigenvalue weighted by atomic mass is 10.0. The van der Waals surface area contributed by atoms with Crippen molar-refractivity contribution in [1.82, 2.24) is 9.97 Å². The number of quaternary nitrogens is 1. The van der Waals surface area contributed by atoms with Gasteiger partial charge < -0.3 is 9.47 Å². The maximum atomic E-state index is 13.7. The average Bonchev–Trinajstić information content (AvgIpc) is 3.67. The number of hydrogen-bond acceptors (Lipinski definition) is 8. The van der Waals surface area contributed by atoms with E-state index in [0.29, 0.717) is 35.4 Å². The minimum Gasteiger partial charge on any atom is -0.488 e. The van der Waals surface area contributed by atoms with Gasteiger partial charge in [0.05, 0.1) is 28.9 Å². The van der Waals surface area contributed by atoms with Gasteiger partial charge in [0.2, 0.25) is 0 Å². The molecule has 1 unspecified atom stereocenters. The standard InChI is InChI=1S/C26H21F3N5O3S/c1-34(35,38)33-24-14-31-23-11-16(4-9-22(23)32-24)15-2-5-18(6-3-15)36-20-10-17(13-30)25(37-19-7-8-19)21(12-20)26(27,28)29/h2-6,9-12,14,19,35,38H,7-8H2,1H3,(H,32,33)/q+1. The molecular weight excluding hydrogens is 519 g/mol. The summed E-state index contributed by atoms with van der Waals surface area (Å²) in [4.78, 5) is 8.75. The Labute approximate surface area is 220 Å². The van der Waals surface area contributed by atoms with Crippen molar-refractivity contribution in [3.05, 3.63) is 71.9 Å². The summed E-state index contributed by atoms with van der Waals surface area (Å²) < 4.78 is 51.5. The van der Waals surface area contributed by atoms with E-state index in [0.717, 1.165) is 17.2 Å². The van der Waals surface area contributed by atoms with Crippen LogP contribution in [0.15, 0.2) is 60.8 Å². The van der Waals surface area contributed by atoms with Gasteiger partial charge in [-0.05, 0) is 58.5 Å². The summed E-state index contributed by atoms with van der Waals surface area (Å²) in [5.41, 5.74) is 4.27. The Morgan fingerprint density at radius 1 is 1.05 bits per heavy atom. The van der Waals surface area contributed by atoms with E-state index in [2.05, 4.69) is 28.2 Å². The molecular formula is C26H21F3N5O3S+. The number of anilines is 1. The van der Waals surface area contributed by atoms with Gasteiger partial charge >= 0.3 is 6.18 Å². The van der Waals surface area contributed by atoms with Gasteiger partial charge in [0.25, 0.3) is 0 Å². The molecule has 3 aromatic carbocycles. The second kappa shape index (κ2) is 9.68. The maximum absolute atomic E-state index is 13.7. The van der Waals surface area contributed by atoms with Crippen molar-refractivity contribution in [2.75, 3.05) is 12.5 Å². The first-order valence-corrected chi connectivity index (χ1v) is 11.9. The van der Waals surface area contributed by atoms with E-state index in [1.165, 1.54) is 19.3 Å². The number of nitrogens with one attached hydrogen (secondary N) is 1. The number of fused-ring (bicyclic) bond motifs is 1. The van der Waals surface area contributed by atoms with Crippen LogP contribution in [0.25, 0.3) is 22.2 Å². The summed E-state index contributed by atoms with van der Waals surface area (Å²) in [5, 5.41) is 19.2. The minimum atomic E-state index is -4.71. The third-order valence-corrected chi connectivity index (χ3v) is 5.69. The summed E-state index contributed by atoms with van der Waals surface area (Å²) in [6.45, 7) is 0. The highest BCUT2D eigenvalue weighted by atomic mass is 32.1. The van der Waals surface area contributed by atoms with Gasteiger partial charge in [0.1, 0.15) is 48.7 Å². The molecule has 1 saturated carbocycles. The highest BCUT2D eigenvalue weighted by Crippen LogP contribution is 2.43. The molecule has 2 N–H and O–H groups in total. The van der Waals surface area contributed by atoms with Crippen molar-refractivity contribution in [1.29, 1.82) is 5.26 Å². The van der Waals surface area contributed by atoms with Crippen LogP contribution >= 0.6 is 12.8 Å². The van der Waals surface area contributed by atoms with E-state index in [1.807, 2.05) is 12.1 Å². The second-order valence-corrected chi connectivity index (χ2v) is 9.66. The van der Waals surface area contributed by atoms with Crippen LogP contribution in [0.2, 0.25) is 0 Å². The second-order valence-electron chi connectivity index (χ2n) is 8.88. The number of hydroxylamine groups is 1. The van der Waals surface area contributed by atoms with Crippen LogP contribution in [-0.4, -0.2) is 32.5 Å². The van der Waals surface area contributed by atoms with Crippen LogP contribution in [0, 0.1) is 11.3 Å². The number of halogens is 3. The molecule has 5 rings (SSSR count). The first-order chi connectivity index (χ1) is 18.0. The zero-order valence-electron chi connectivity index (χ0n) is 19.9. The quantitative estimate of drug-likeness (QED) is 0.139. The van der Waals surface area contributed by atoms with E-state index in [-0.39, 0.29) is 17.4 Å². The lowest BCUT2D eigenvalue weighted by molar-refractivity contribution is -0.955. The molecule has 1 heterocycles. The molecule has 0 saturated heterocycles. The molecule has 0 bridgehead atoms. The first kappa shape index (κ1) is 25.6. The fourth-order valence-corrected chi connectivity index (χ4v) is 3.85. The Morgan fingerprint density at radius 3 is 2.39 bits per heavy atom.